The van der Waals surface area contributed by atoms with Gasteiger partial charge in [0.05, 0.1) is 17.8 Å². The molecule has 1 heteroatoms. The van der Waals surface area contributed by atoms with E-state index in [1.807, 2.05) is 0 Å². The summed E-state index contributed by atoms with van der Waals surface area (Å²) in [6.07, 6.45) is 0. The van der Waals surface area contributed by atoms with Crippen LogP contribution in [0.25, 0.3) is 11.1 Å². The molecule has 3 aromatic carbocycles. The lowest BCUT2D eigenvalue weighted by Gasteiger charge is -2.12. The van der Waals surface area contributed by atoms with Gasteiger partial charge in [-0.05, 0) is 23.7 Å². The Labute approximate surface area is 131 Å². The zero-order valence-corrected chi connectivity index (χ0v) is 9.58. The molecule has 0 aromatic heterocycles. The van der Waals surface area contributed by atoms with Gasteiger partial charge in [-0.3, -0.25) is 0 Å². The van der Waals surface area contributed by atoms with Crippen molar-refractivity contribution in [1.29, 1.82) is 0 Å². The molecule has 1 nitrogen and oxygen atoms in total. The first-order valence-electron chi connectivity index (χ1n) is 11.8. The van der Waals surface area contributed by atoms with E-state index < -0.39 is 84.1 Å². The number of hydrogen-bond acceptors (Lipinski definition) is 1. The fourth-order valence-electron chi connectivity index (χ4n) is 1.46. The van der Waals surface area contributed by atoms with E-state index in [2.05, 4.69) is 5.32 Å². The standard InChI is InChI=1S/C18H15N/c1-3-9-15(10-4-1)17-13-7-8-14-18(17)19-16-11-5-2-6-12-16/h1-14,19H/i1D,2D,3D,4D,5D,6D,7D,8D,9D,10D,11D,12D,13D. The SMILES string of the molecule is [2H]c1cc(Nc2c([2H])c([2H])c([2H])c([2H])c2[2H])c(-c2c([2H])c([2H])c([2H])c([2H])c2[2H])c([2H])c1[2H]. The highest BCUT2D eigenvalue weighted by Gasteiger charge is 2.03. The van der Waals surface area contributed by atoms with Crippen molar-refractivity contribution in [3.8, 4) is 11.1 Å². The molecule has 0 saturated carbocycles. The van der Waals surface area contributed by atoms with Crippen molar-refractivity contribution in [3.05, 3.63) is 84.6 Å². The summed E-state index contributed by atoms with van der Waals surface area (Å²) in [7, 11) is 0. The quantitative estimate of drug-likeness (QED) is 0.689. The highest BCUT2D eigenvalue weighted by Crippen LogP contribution is 2.29. The summed E-state index contributed by atoms with van der Waals surface area (Å²) in [5.41, 5.74) is -1.34. The van der Waals surface area contributed by atoms with Crippen LogP contribution >= 0.6 is 0 Å². The summed E-state index contributed by atoms with van der Waals surface area (Å²) in [4.78, 5) is 0. The summed E-state index contributed by atoms with van der Waals surface area (Å²) >= 11 is 0. The van der Waals surface area contributed by atoms with Crippen molar-refractivity contribution in [3.63, 3.8) is 0 Å². The normalized spacial score (nSPS) is 19.7. The van der Waals surface area contributed by atoms with Gasteiger partial charge in [0.1, 0.15) is 0 Å². The molecule has 0 radical (unpaired) electrons. The van der Waals surface area contributed by atoms with Gasteiger partial charge in [-0.15, -0.1) is 0 Å². The summed E-state index contributed by atoms with van der Waals surface area (Å²) in [5, 5.41) is 2.58. The Kier molecular flexibility index (Phi) is 1.13. The van der Waals surface area contributed by atoms with Gasteiger partial charge in [0.2, 0.25) is 0 Å². The fourth-order valence-corrected chi connectivity index (χ4v) is 1.46. The molecule has 0 fully saturated rings. The van der Waals surface area contributed by atoms with Crippen LogP contribution in [0, 0.1) is 0 Å². The van der Waals surface area contributed by atoms with Crippen molar-refractivity contribution < 1.29 is 17.8 Å². The van der Waals surface area contributed by atoms with Gasteiger partial charge in [0, 0.05) is 16.9 Å². The van der Waals surface area contributed by atoms with Crippen LogP contribution in [0.15, 0.2) is 84.6 Å². The zero-order chi connectivity index (χ0) is 24.2. The molecule has 0 saturated heterocycles. The van der Waals surface area contributed by atoms with E-state index in [9.17, 15) is 0 Å². The Balaban J connectivity index is 2.41. The molecule has 0 aliphatic heterocycles. The molecule has 92 valence electrons. The Morgan fingerprint density at radius 1 is 0.684 bits per heavy atom. The highest BCUT2D eigenvalue weighted by atomic mass is 14.9. The summed E-state index contributed by atoms with van der Waals surface area (Å²) in [5.74, 6) is 0. The molecule has 1 N–H and O–H groups in total. The lowest BCUT2D eigenvalue weighted by molar-refractivity contribution is 1.53. The molecule has 19 heavy (non-hydrogen) atoms. The van der Waals surface area contributed by atoms with Crippen LogP contribution in [-0.4, -0.2) is 0 Å². The number of rotatable bonds is 3. The average molecular weight is 258 g/mol. The van der Waals surface area contributed by atoms with E-state index in [0.29, 0.717) is 0 Å². The third-order valence-electron chi connectivity index (χ3n) is 2.26. The van der Waals surface area contributed by atoms with E-state index in [-0.39, 0.29) is 16.9 Å². The van der Waals surface area contributed by atoms with Gasteiger partial charge in [-0.1, -0.05) is 66.5 Å². The Bertz CT molecular complexity index is 1230. The predicted molar refractivity (Wildman–Crippen MR) is 81.6 cm³/mol. The van der Waals surface area contributed by atoms with Crippen molar-refractivity contribution in [2.24, 2.45) is 0 Å². The molecule has 3 rings (SSSR count). The molecule has 0 heterocycles. The molecule has 0 bridgehead atoms. The maximum atomic E-state index is 8.31. The second-order valence-corrected chi connectivity index (χ2v) is 3.45. The zero-order valence-electron chi connectivity index (χ0n) is 22.6. The fraction of sp³-hybridized carbons (Fsp3) is 0. The Morgan fingerprint density at radius 3 is 2.05 bits per heavy atom. The maximum absolute atomic E-state index is 8.31. The van der Waals surface area contributed by atoms with Crippen LogP contribution in [0.5, 0.6) is 0 Å². The molecule has 0 aliphatic carbocycles. The van der Waals surface area contributed by atoms with Crippen molar-refractivity contribution >= 4 is 11.4 Å². The number of hydrogen-bond donors (Lipinski definition) is 1. The summed E-state index contributed by atoms with van der Waals surface area (Å²) < 4.78 is 104. The number of anilines is 2. The molecule has 0 spiro atoms. The van der Waals surface area contributed by atoms with Crippen LogP contribution in [0.1, 0.15) is 17.8 Å². The first-order chi connectivity index (χ1) is 14.8. The van der Waals surface area contributed by atoms with Crippen LogP contribution in [0.4, 0.5) is 11.4 Å². The minimum absolute atomic E-state index is 0.215. The number of para-hydroxylation sites is 2. The minimum atomic E-state index is -0.671. The highest BCUT2D eigenvalue weighted by molar-refractivity contribution is 5.80. The Hall–Kier alpha value is -2.54. The van der Waals surface area contributed by atoms with Crippen molar-refractivity contribution in [2.75, 3.05) is 5.32 Å². The van der Waals surface area contributed by atoms with Crippen molar-refractivity contribution in [1.82, 2.24) is 0 Å². The van der Waals surface area contributed by atoms with Gasteiger partial charge >= 0.3 is 0 Å². The number of benzene rings is 3. The first-order valence-corrected chi connectivity index (χ1v) is 5.33. The molecular formula is C18H15N. The third kappa shape index (κ3) is 2.66. The monoisotopic (exact) mass is 258 g/mol. The minimum Gasteiger partial charge on any atom is -0.355 e. The molecule has 0 atom stereocenters. The maximum Gasteiger partial charge on any atom is 0.0645 e. The van der Waals surface area contributed by atoms with Crippen molar-refractivity contribution in [2.45, 2.75) is 0 Å². The Morgan fingerprint density at radius 2 is 1.32 bits per heavy atom. The van der Waals surface area contributed by atoms with Gasteiger partial charge in [0.25, 0.3) is 0 Å². The van der Waals surface area contributed by atoms with Crippen LogP contribution in [0.2, 0.25) is 0 Å². The smallest absolute Gasteiger partial charge is 0.0645 e. The van der Waals surface area contributed by atoms with Crippen LogP contribution in [0.3, 0.4) is 0 Å². The molecule has 3 aromatic rings. The molecule has 0 unspecified atom stereocenters. The lowest BCUT2D eigenvalue weighted by Crippen LogP contribution is -1.92. The van der Waals surface area contributed by atoms with Crippen LogP contribution in [-0.2, 0) is 0 Å². The second-order valence-electron chi connectivity index (χ2n) is 3.45. The molecule has 0 aliphatic rings. The van der Waals surface area contributed by atoms with E-state index in [1.165, 1.54) is 0 Å². The van der Waals surface area contributed by atoms with E-state index in [4.69, 9.17) is 17.8 Å². The van der Waals surface area contributed by atoms with Gasteiger partial charge < -0.3 is 5.32 Å². The average Bonchev–Trinajstić information content (AvgIpc) is 2.76. The topological polar surface area (TPSA) is 12.0 Å². The summed E-state index contributed by atoms with van der Waals surface area (Å²) in [6, 6.07) is -6.98. The largest absolute Gasteiger partial charge is 0.355 e. The van der Waals surface area contributed by atoms with Gasteiger partial charge in [-0.25, -0.2) is 0 Å². The van der Waals surface area contributed by atoms with Gasteiger partial charge in [-0.2, -0.15) is 0 Å². The third-order valence-corrected chi connectivity index (χ3v) is 2.26. The molecular weight excluding hydrogens is 230 g/mol. The van der Waals surface area contributed by atoms with Crippen LogP contribution < -0.4 is 5.32 Å². The summed E-state index contributed by atoms with van der Waals surface area (Å²) in [6.45, 7) is 0. The molecule has 0 amide bonds. The lowest BCUT2D eigenvalue weighted by atomic mass is 10.0. The first kappa shape index (κ1) is 3.97. The van der Waals surface area contributed by atoms with E-state index >= 15 is 0 Å². The number of nitrogens with one attached hydrogen (secondary N) is 1. The van der Waals surface area contributed by atoms with Gasteiger partial charge in [0.15, 0.2) is 0 Å². The predicted octanol–water partition coefficient (Wildman–Crippen LogP) is 5.10. The van der Waals surface area contributed by atoms with E-state index in [0.717, 1.165) is 6.07 Å². The second kappa shape index (κ2) is 5.40. The van der Waals surface area contributed by atoms with E-state index in [1.54, 1.807) is 0 Å².